The summed E-state index contributed by atoms with van der Waals surface area (Å²) in [6.07, 6.45) is 2.09. The van der Waals surface area contributed by atoms with Gasteiger partial charge in [-0.05, 0) is 32.9 Å². The van der Waals surface area contributed by atoms with Crippen LogP contribution in [-0.4, -0.2) is 37.1 Å². The van der Waals surface area contributed by atoms with Gasteiger partial charge in [-0.3, -0.25) is 5.32 Å². The minimum absolute atomic E-state index is 0.377. The highest BCUT2D eigenvalue weighted by molar-refractivity contribution is 5.03. The Hall–Kier alpha value is -0.590. The molecule has 0 aromatic carbocycles. The first-order valence-electron chi connectivity index (χ1n) is 6.32. The zero-order valence-corrected chi connectivity index (χ0v) is 11.5. The van der Waals surface area contributed by atoms with E-state index in [1.807, 2.05) is 13.8 Å². The van der Waals surface area contributed by atoms with Gasteiger partial charge in [-0.1, -0.05) is 27.2 Å². The topological polar surface area (TPSA) is 39.1 Å². The smallest absolute Gasteiger partial charge is 0.105 e. The molecule has 0 heterocycles. The molecular weight excluding hydrogens is 198 g/mol. The molecule has 0 saturated heterocycles. The summed E-state index contributed by atoms with van der Waals surface area (Å²) in [5.41, 5.74) is -0.377. The van der Waals surface area contributed by atoms with Gasteiger partial charge in [-0.15, -0.1) is 0 Å². The highest BCUT2D eigenvalue weighted by atomic mass is 15.1. The molecule has 0 rings (SSSR count). The van der Waals surface area contributed by atoms with Crippen LogP contribution in [0, 0.1) is 17.2 Å². The molecule has 0 saturated carbocycles. The van der Waals surface area contributed by atoms with Gasteiger partial charge in [0.2, 0.25) is 0 Å². The number of nitriles is 1. The van der Waals surface area contributed by atoms with E-state index in [0.717, 1.165) is 32.0 Å². The van der Waals surface area contributed by atoms with E-state index in [2.05, 4.69) is 37.2 Å². The van der Waals surface area contributed by atoms with Crippen LogP contribution in [-0.2, 0) is 0 Å². The fourth-order valence-corrected chi connectivity index (χ4v) is 1.74. The summed E-state index contributed by atoms with van der Waals surface area (Å²) in [6, 6.07) is 2.36. The van der Waals surface area contributed by atoms with E-state index in [0.29, 0.717) is 0 Å². The van der Waals surface area contributed by atoms with Crippen molar-refractivity contribution in [1.82, 2.24) is 10.2 Å². The van der Waals surface area contributed by atoms with Crippen molar-refractivity contribution in [2.45, 2.75) is 46.1 Å². The second-order valence-electron chi connectivity index (χ2n) is 5.00. The van der Waals surface area contributed by atoms with Crippen molar-refractivity contribution in [2.24, 2.45) is 5.92 Å². The molecular formula is C13H27N3. The maximum atomic E-state index is 9.13. The van der Waals surface area contributed by atoms with E-state index in [9.17, 15) is 0 Å². The average molecular weight is 225 g/mol. The van der Waals surface area contributed by atoms with E-state index in [4.69, 9.17) is 5.26 Å². The fraction of sp³-hybridized carbons (Fsp3) is 0.923. The first-order chi connectivity index (χ1) is 7.47. The van der Waals surface area contributed by atoms with Crippen molar-refractivity contribution in [3.63, 3.8) is 0 Å². The van der Waals surface area contributed by atoms with Crippen molar-refractivity contribution in [3.05, 3.63) is 0 Å². The third-order valence-electron chi connectivity index (χ3n) is 3.13. The van der Waals surface area contributed by atoms with Crippen molar-refractivity contribution in [3.8, 4) is 6.07 Å². The number of rotatable bonds is 8. The lowest BCUT2D eigenvalue weighted by Gasteiger charge is -2.27. The Morgan fingerprint density at radius 3 is 2.50 bits per heavy atom. The molecule has 0 aliphatic carbocycles. The van der Waals surface area contributed by atoms with Gasteiger partial charge in [-0.2, -0.15) is 5.26 Å². The molecule has 3 heteroatoms. The van der Waals surface area contributed by atoms with Crippen molar-refractivity contribution >= 4 is 0 Å². The summed E-state index contributed by atoms with van der Waals surface area (Å²) in [5, 5.41) is 12.4. The maximum absolute atomic E-state index is 9.13. The molecule has 0 spiro atoms. The van der Waals surface area contributed by atoms with Crippen LogP contribution in [0.1, 0.15) is 40.5 Å². The number of nitrogens with zero attached hydrogens (tertiary/aromatic N) is 2. The van der Waals surface area contributed by atoms with E-state index in [1.54, 1.807) is 0 Å². The Kier molecular flexibility index (Phi) is 7.36. The number of hydrogen-bond acceptors (Lipinski definition) is 3. The van der Waals surface area contributed by atoms with E-state index >= 15 is 0 Å². The van der Waals surface area contributed by atoms with Crippen molar-refractivity contribution < 1.29 is 0 Å². The molecule has 16 heavy (non-hydrogen) atoms. The molecule has 0 aromatic heterocycles. The highest BCUT2D eigenvalue weighted by Gasteiger charge is 2.22. The first kappa shape index (κ1) is 15.4. The maximum Gasteiger partial charge on any atom is 0.105 e. The van der Waals surface area contributed by atoms with Gasteiger partial charge in [0.15, 0.2) is 0 Å². The predicted octanol–water partition coefficient (Wildman–Crippen LogP) is 2.25. The lowest BCUT2D eigenvalue weighted by molar-refractivity contribution is 0.255. The van der Waals surface area contributed by atoms with Gasteiger partial charge >= 0.3 is 0 Å². The summed E-state index contributed by atoms with van der Waals surface area (Å²) in [4.78, 5) is 2.32. The molecule has 2 atom stereocenters. The Labute approximate surface area is 101 Å². The van der Waals surface area contributed by atoms with Gasteiger partial charge in [0, 0.05) is 13.1 Å². The van der Waals surface area contributed by atoms with Crippen molar-refractivity contribution in [1.29, 1.82) is 5.26 Å². The lowest BCUT2D eigenvalue weighted by atomic mass is 9.99. The van der Waals surface area contributed by atoms with Crippen LogP contribution in [0.4, 0.5) is 0 Å². The normalized spacial score (nSPS) is 16.8. The second kappa shape index (κ2) is 7.65. The molecule has 0 amide bonds. The molecule has 0 aliphatic rings. The van der Waals surface area contributed by atoms with Crippen LogP contribution in [0.3, 0.4) is 0 Å². The van der Waals surface area contributed by atoms with Gasteiger partial charge in [0.1, 0.15) is 5.54 Å². The van der Waals surface area contributed by atoms with Gasteiger partial charge in [-0.25, -0.2) is 0 Å². The van der Waals surface area contributed by atoms with Gasteiger partial charge in [0.25, 0.3) is 0 Å². The summed E-state index contributed by atoms with van der Waals surface area (Å²) in [5.74, 6) is 0.734. The first-order valence-corrected chi connectivity index (χ1v) is 6.32. The van der Waals surface area contributed by atoms with E-state index in [1.165, 1.54) is 6.42 Å². The van der Waals surface area contributed by atoms with E-state index in [-0.39, 0.29) is 5.54 Å². The molecule has 1 N–H and O–H groups in total. The van der Waals surface area contributed by atoms with Crippen LogP contribution in [0.15, 0.2) is 0 Å². The summed E-state index contributed by atoms with van der Waals surface area (Å²) >= 11 is 0. The van der Waals surface area contributed by atoms with E-state index < -0.39 is 0 Å². The molecule has 0 bridgehead atoms. The summed E-state index contributed by atoms with van der Waals surface area (Å²) in [6.45, 7) is 11.4. The molecule has 94 valence electrons. The van der Waals surface area contributed by atoms with Crippen LogP contribution >= 0.6 is 0 Å². The SMILES string of the molecule is CCNC(C)(C#N)CCN(C)CC(C)CC. The quantitative estimate of drug-likeness (QED) is 0.688. The molecule has 0 aromatic rings. The Morgan fingerprint density at radius 1 is 1.44 bits per heavy atom. The molecule has 0 radical (unpaired) electrons. The lowest BCUT2D eigenvalue weighted by Crippen LogP contribution is -2.43. The van der Waals surface area contributed by atoms with Gasteiger partial charge in [0.05, 0.1) is 6.07 Å². The Balaban J connectivity index is 3.98. The standard InChI is InChI=1S/C13H27N3/c1-6-12(3)10-16(5)9-8-13(4,11-14)15-7-2/h12,15H,6-10H2,1-5H3. The number of nitrogens with one attached hydrogen (secondary N) is 1. The monoisotopic (exact) mass is 225 g/mol. The second-order valence-corrected chi connectivity index (χ2v) is 5.00. The van der Waals surface area contributed by atoms with Crippen molar-refractivity contribution in [2.75, 3.05) is 26.7 Å². The zero-order chi connectivity index (χ0) is 12.6. The van der Waals surface area contributed by atoms with Gasteiger partial charge < -0.3 is 4.90 Å². The van der Waals surface area contributed by atoms with Crippen LogP contribution < -0.4 is 5.32 Å². The fourth-order valence-electron chi connectivity index (χ4n) is 1.74. The predicted molar refractivity (Wildman–Crippen MR) is 69.3 cm³/mol. The minimum Gasteiger partial charge on any atom is -0.306 e. The minimum atomic E-state index is -0.377. The zero-order valence-electron chi connectivity index (χ0n) is 11.5. The number of hydrogen-bond donors (Lipinski definition) is 1. The molecule has 0 aliphatic heterocycles. The third-order valence-corrected chi connectivity index (χ3v) is 3.13. The van der Waals surface area contributed by atoms with Crippen LogP contribution in [0.2, 0.25) is 0 Å². The molecule has 3 nitrogen and oxygen atoms in total. The van der Waals surface area contributed by atoms with Crippen LogP contribution in [0.25, 0.3) is 0 Å². The van der Waals surface area contributed by atoms with Crippen LogP contribution in [0.5, 0.6) is 0 Å². The molecule has 2 unspecified atom stereocenters. The average Bonchev–Trinajstić information content (AvgIpc) is 2.26. The summed E-state index contributed by atoms with van der Waals surface area (Å²) < 4.78 is 0. The Morgan fingerprint density at radius 2 is 2.06 bits per heavy atom. The Bertz CT molecular complexity index is 222. The third kappa shape index (κ3) is 6.09. The highest BCUT2D eigenvalue weighted by Crippen LogP contribution is 2.10. The molecule has 0 fully saturated rings. The summed E-state index contributed by atoms with van der Waals surface area (Å²) in [7, 11) is 2.13. The largest absolute Gasteiger partial charge is 0.306 e.